The van der Waals surface area contributed by atoms with Crippen molar-refractivity contribution in [2.24, 2.45) is 5.92 Å². The molecule has 1 rings (SSSR count). The number of carbonyl (C=O) groups excluding carboxylic acids is 1. The van der Waals surface area contributed by atoms with Crippen LogP contribution in [0.2, 0.25) is 0 Å². The summed E-state index contributed by atoms with van der Waals surface area (Å²) in [6.45, 7) is 15.1. The van der Waals surface area contributed by atoms with Crippen LogP contribution in [0.3, 0.4) is 0 Å². The molecular weight excluding hydrogens is 250 g/mol. The van der Waals surface area contributed by atoms with Gasteiger partial charge in [0.25, 0.3) is 0 Å². The highest BCUT2D eigenvalue weighted by Crippen LogP contribution is 2.19. The summed E-state index contributed by atoms with van der Waals surface area (Å²) in [4.78, 5) is 17.0. The molecule has 1 N–H and O–H groups in total. The van der Waals surface area contributed by atoms with Crippen LogP contribution in [0.5, 0.6) is 0 Å². The summed E-state index contributed by atoms with van der Waals surface area (Å²) < 4.78 is 0. The topological polar surface area (TPSA) is 35.6 Å². The highest BCUT2D eigenvalue weighted by molar-refractivity contribution is 5.84. The van der Waals surface area contributed by atoms with Gasteiger partial charge in [0, 0.05) is 6.54 Å². The summed E-state index contributed by atoms with van der Waals surface area (Å²) >= 11 is 0. The highest BCUT2D eigenvalue weighted by atomic mass is 16.2. The average Bonchev–Trinajstić information content (AvgIpc) is 2.71. The van der Waals surface area contributed by atoms with Gasteiger partial charge in [-0.25, -0.2) is 0 Å². The Kier molecular flexibility index (Phi) is 7.52. The standard InChI is InChI=1S/C16H33N3O/c1-6-15-17-14(12-13(4)5)16(20)19(15)11-9-10-18(7-2)8-3/h13-15,17H,6-12H2,1-5H3. The van der Waals surface area contributed by atoms with Gasteiger partial charge < -0.3 is 9.80 Å². The number of nitrogens with one attached hydrogen (secondary N) is 1. The number of amides is 1. The molecule has 1 saturated heterocycles. The Morgan fingerprint density at radius 1 is 1.25 bits per heavy atom. The quantitative estimate of drug-likeness (QED) is 0.705. The Balaban J connectivity index is 2.48. The Bertz CT molecular complexity index is 289. The van der Waals surface area contributed by atoms with E-state index in [2.05, 4.69) is 49.7 Å². The zero-order valence-corrected chi connectivity index (χ0v) is 14.0. The molecule has 2 unspecified atom stereocenters. The van der Waals surface area contributed by atoms with Crippen molar-refractivity contribution < 1.29 is 4.79 Å². The molecule has 0 spiro atoms. The third-order valence-corrected chi connectivity index (χ3v) is 4.21. The van der Waals surface area contributed by atoms with Gasteiger partial charge in [0.1, 0.15) is 0 Å². The lowest BCUT2D eigenvalue weighted by Gasteiger charge is -2.25. The van der Waals surface area contributed by atoms with Crippen LogP contribution >= 0.6 is 0 Å². The van der Waals surface area contributed by atoms with Crippen molar-refractivity contribution in [3.8, 4) is 0 Å². The van der Waals surface area contributed by atoms with Crippen LogP contribution in [0, 0.1) is 5.92 Å². The summed E-state index contributed by atoms with van der Waals surface area (Å²) in [6.07, 6.45) is 3.25. The van der Waals surface area contributed by atoms with E-state index in [0.717, 1.165) is 45.4 Å². The van der Waals surface area contributed by atoms with E-state index in [9.17, 15) is 4.79 Å². The fourth-order valence-corrected chi connectivity index (χ4v) is 3.00. The second kappa shape index (κ2) is 8.63. The predicted octanol–water partition coefficient (Wildman–Crippen LogP) is 2.30. The van der Waals surface area contributed by atoms with E-state index in [1.807, 2.05) is 0 Å². The van der Waals surface area contributed by atoms with Crippen molar-refractivity contribution in [2.45, 2.75) is 66.1 Å². The number of nitrogens with zero attached hydrogens (tertiary/aromatic N) is 2. The fraction of sp³-hybridized carbons (Fsp3) is 0.938. The van der Waals surface area contributed by atoms with Crippen LogP contribution in [-0.4, -0.2) is 54.1 Å². The maximum absolute atomic E-state index is 12.5. The second-order valence-electron chi connectivity index (χ2n) is 6.18. The molecule has 1 heterocycles. The molecule has 0 aromatic rings. The van der Waals surface area contributed by atoms with Gasteiger partial charge in [-0.1, -0.05) is 34.6 Å². The molecule has 1 fully saturated rings. The molecule has 118 valence electrons. The van der Waals surface area contributed by atoms with Crippen molar-refractivity contribution in [1.29, 1.82) is 0 Å². The van der Waals surface area contributed by atoms with Crippen molar-refractivity contribution in [1.82, 2.24) is 15.1 Å². The SMILES string of the molecule is CCC1NC(CC(C)C)C(=O)N1CCCN(CC)CC. The molecule has 0 aromatic heterocycles. The van der Waals surface area contributed by atoms with E-state index < -0.39 is 0 Å². The Morgan fingerprint density at radius 2 is 1.90 bits per heavy atom. The third-order valence-electron chi connectivity index (χ3n) is 4.21. The van der Waals surface area contributed by atoms with E-state index in [1.165, 1.54) is 0 Å². The largest absolute Gasteiger partial charge is 0.326 e. The molecule has 0 radical (unpaired) electrons. The summed E-state index contributed by atoms with van der Waals surface area (Å²) in [5.41, 5.74) is 0. The number of carbonyl (C=O) groups is 1. The lowest BCUT2D eigenvalue weighted by Crippen LogP contribution is -2.38. The van der Waals surface area contributed by atoms with Crippen molar-refractivity contribution in [3.63, 3.8) is 0 Å². The second-order valence-corrected chi connectivity index (χ2v) is 6.18. The Hall–Kier alpha value is -0.610. The normalized spacial score (nSPS) is 23.4. The third kappa shape index (κ3) is 4.74. The zero-order valence-electron chi connectivity index (χ0n) is 14.0. The number of hydrogen-bond acceptors (Lipinski definition) is 3. The van der Waals surface area contributed by atoms with Crippen LogP contribution < -0.4 is 5.32 Å². The highest BCUT2D eigenvalue weighted by Gasteiger charge is 2.37. The molecule has 1 aliphatic heterocycles. The van der Waals surface area contributed by atoms with Gasteiger partial charge in [-0.3, -0.25) is 10.1 Å². The molecule has 1 aliphatic rings. The molecule has 1 amide bonds. The predicted molar refractivity (Wildman–Crippen MR) is 84.6 cm³/mol. The molecule has 4 nitrogen and oxygen atoms in total. The molecule has 20 heavy (non-hydrogen) atoms. The lowest BCUT2D eigenvalue weighted by atomic mass is 10.0. The van der Waals surface area contributed by atoms with Gasteiger partial charge in [-0.15, -0.1) is 0 Å². The maximum atomic E-state index is 12.5. The van der Waals surface area contributed by atoms with E-state index in [1.54, 1.807) is 0 Å². The molecule has 4 heteroatoms. The van der Waals surface area contributed by atoms with Crippen molar-refractivity contribution in [2.75, 3.05) is 26.2 Å². The minimum atomic E-state index is 0.0356. The molecular formula is C16H33N3O. The van der Waals surface area contributed by atoms with Crippen LogP contribution in [-0.2, 0) is 4.79 Å². The first kappa shape index (κ1) is 17.4. The van der Waals surface area contributed by atoms with Gasteiger partial charge in [-0.2, -0.15) is 0 Å². The number of hydrogen-bond donors (Lipinski definition) is 1. The van der Waals surface area contributed by atoms with Gasteiger partial charge in [-0.05, 0) is 44.8 Å². The maximum Gasteiger partial charge on any atom is 0.241 e. The van der Waals surface area contributed by atoms with Gasteiger partial charge in [0.05, 0.1) is 12.2 Å². The van der Waals surface area contributed by atoms with Gasteiger partial charge in [0.2, 0.25) is 5.91 Å². The minimum absolute atomic E-state index is 0.0356. The summed E-state index contributed by atoms with van der Waals surface area (Å²) in [7, 11) is 0. The van der Waals surface area contributed by atoms with E-state index >= 15 is 0 Å². The van der Waals surface area contributed by atoms with Crippen LogP contribution in [0.1, 0.15) is 53.9 Å². The Labute approximate surface area is 124 Å². The molecule has 0 saturated carbocycles. The molecule has 2 atom stereocenters. The van der Waals surface area contributed by atoms with E-state index in [4.69, 9.17) is 0 Å². The fourth-order valence-electron chi connectivity index (χ4n) is 3.00. The van der Waals surface area contributed by atoms with Crippen molar-refractivity contribution >= 4 is 5.91 Å². The molecule has 0 aromatic carbocycles. The monoisotopic (exact) mass is 283 g/mol. The van der Waals surface area contributed by atoms with Gasteiger partial charge >= 0.3 is 0 Å². The summed E-state index contributed by atoms with van der Waals surface area (Å²) in [5.74, 6) is 0.870. The van der Waals surface area contributed by atoms with Crippen molar-refractivity contribution in [3.05, 3.63) is 0 Å². The average molecular weight is 283 g/mol. The van der Waals surface area contributed by atoms with Crippen LogP contribution in [0.15, 0.2) is 0 Å². The van der Waals surface area contributed by atoms with E-state index in [-0.39, 0.29) is 12.2 Å². The zero-order chi connectivity index (χ0) is 15.1. The molecule has 0 bridgehead atoms. The molecule has 0 aliphatic carbocycles. The summed E-state index contributed by atoms with van der Waals surface area (Å²) in [5, 5.41) is 3.50. The first-order chi connectivity index (χ1) is 9.53. The number of rotatable bonds is 9. The Morgan fingerprint density at radius 3 is 2.40 bits per heavy atom. The minimum Gasteiger partial charge on any atom is -0.326 e. The first-order valence-corrected chi connectivity index (χ1v) is 8.32. The van der Waals surface area contributed by atoms with Crippen LogP contribution in [0.25, 0.3) is 0 Å². The van der Waals surface area contributed by atoms with Gasteiger partial charge in [0.15, 0.2) is 0 Å². The van der Waals surface area contributed by atoms with Crippen LogP contribution in [0.4, 0.5) is 0 Å². The van der Waals surface area contributed by atoms with E-state index in [0.29, 0.717) is 11.8 Å². The lowest BCUT2D eigenvalue weighted by molar-refractivity contribution is -0.130. The summed E-state index contributed by atoms with van der Waals surface area (Å²) in [6, 6.07) is 0.0356. The smallest absolute Gasteiger partial charge is 0.241 e. The first-order valence-electron chi connectivity index (χ1n) is 8.32.